The van der Waals surface area contributed by atoms with Crippen LogP contribution in [-0.4, -0.2) is 18.9 Å². The Balaban J connectivity index is 2.47. The monoisotopic (exact) mass is 475 g/mol. The van der Waals surface area contributed by atoms with E-state index in [-0.39, 0.29) is 5.91 Å². The molecular weight excluding hydrogens is 449 g/mol. The van der Waals surface area contributed by atoms with Crippen molar-refractivity contribution in [3.05, 3.63) is 87.1 Å². The van der Waals surface area contributed by atoms with E-state index in [1.807, 2.05) is 29.2 Å². The van der Waals surface area contributed by atoms with Gasteiger partial charge in [-0.3, -0.25) is 4.79 Å². The van der Waals surface area contributed by atoms with E-state index < -0.39 is 8.07 Å². The molecule has 0 N–H and O–H groups in total. The Labute approximate surface area is 171 Å². The van der Waals surface area contributed by atoms with Gasteiger partial charge in [0.1, 0.15) is 0 Å². The summed E-state index contributed by atoms with van der Waals surface area (Å²) in [5.41, 5.74) is 5.41. The Morgan fingerprint density at radius 3 is 2.35 bits per heavy atom. The van der Waals surface area contributed by atoms with E-state index in [2.05, 4.69) is 90.4 Å². The Kier molecular flexibility index (Phi) is 7.40. The molecule has 0 saturated heterocycles. The van der Waals surface area contributed by atoms with Gasteiger partial charge in [0.05, 0.1) is 20.3 Å². The van der Waals surface area contributed by atoms with Crippen LogP contribution in [-0.2, 0) is 11.3 Å². The van der Waals surface area contributed by atoms with E-state index in [0.717, 1.165) is 20.4 Å². The molecule has 0 aliphatic carbocycles. The van der Waals surface area contributed by atoms with Crippen LogP contribution in [0, 0.1) is 3.57 Å². The van der Waals surface area contributed by atoms with Crippen molar-refractivity contribution in [2.24, 2.45) is 0 Å². The van der Waals surface area contributed by atoms with Crippen molar-refractivity contribution in [2.75, 3.05) is 0 Å². The van der Waals surface area contributed by atoms with Crippen molar-refractivity contribution < 1.29 is 4.79 Å². The highest BCUT2D eigenvalue weighted by molar-refractivity contribution is 14.1. The zero-order chi connectivity index (χ0) is 19.2. The second-order valence-corrected chi connectivity index (χ2v) is 13.7. The summed E-state index contributed by atoms with van der Waals surface area (Å²) in [6.07, 6.45) is 4.19. The first-order valence-corrected chi connectivity index (χ1v) is 13.4. The molecule has 4 heteroatoms. The minimum atomic E-state index is -1.30. The highest BCUT2D eigenvalue weighted by Gasteiger charge is 2.17. The van der Waals surface area contributed by atoms with Crippen molar-refractivity contribution in [3.63, 3.8) is 0 Å². The fourth-order valence-corrected chi connectivity index (χ4v) is 3.77. The van der Waals surface area contributed by atoms with Crippen LogP contribution in [0.2, 0.25) is 19.6 Å². The third kappa shape index (κ3) is 6.57. The van der Waals surface area contributed by atoms with E-state index in [0.29, 0.717) is 6.54 Å². The number of carbonyl (C=O) groups is 1. The van der Waals surface area contributed by atoms with E-state index in [4.69, 9.17) is 0 Å². The lowest BCUT2D eigenvalue weighted by molar-refractivity contribution is -0.126. The maximum atomic E-state index is 12.5. The summed E-state index contributed by atoms with van der Waals surface area (Å²) in [5, 5.41) is 0. The maximum Gasteiger partial charge on any atom is 0.224 e. The summed E-state index contributed by atoms with van der Waals surface area (Å²) >= 11 is 2.31. The number of carbonyl (C=O) groups excluding carboxylic acids is 1. The first-order chi connectivity index (χ1) is 12.3. The minimum absolute atomic E-state index is 0.0420. The van der Waals surface area contributed by atoms with Gasteiger partial charge in [-0.1, -0.05) is 73.9 Å². The number of nitrogens with zero attached hydrogens (tertiary/aromatic N) is 1. The van der Waals surface area contributed by atoms with Gasteiger partial charge in [0.2, 0.25) is 5.91 Å². The number of hydrogen-bond donors (Lipinski definition) is 0. The topological polar surface area (TPSA) is 20.3 Å². The third-order valence-electron chi connectivity index (χ3n) is 3.83. The SMILES string of the molecule is CC(=O)N(Cc1ccccc1)/C(=C\C=C\[Si](C)(C)C)c1cccc(I)c1. The Morgan fingerprint density at radius 2 is 1.77 bits per heavy atom. The molecule has 0 aliphatic rings. The standard InChI is InChI=1S/C22H26INOSi/c1-18(25)24(17-19-10-6-5-7-11-19)22(14-9-15-26(2,3)4)20-12-8-13-21(23)16-20/h5-16H,17H2,1-4H3/b15-9+,22-14-. The number of halogens is 1. The van der Waals surface area contributed by atoms with E-state index in [1.54, 1.807) is 6.92 Å². The van der Waals surface area contributed by atoms with Crippen LogP contribution in [0.3, 0.4) is 0 Å². The number of rotatable bonds is 6. The van der Waals surface area contributed by atoms with Gasteiger partial charge in [-0.05, 0) is 51.9 Å². The predicted molar refractivity (Wildman–Crippen MR) is 122 cm³/mol. The minimum Gasteiger partial charge on any atom is -0.308 e. The van der Waals surface area contributed by atoms with E-state index in [9.17, 15) is 4.79 Å². The molecule has 0 atom stereocenters. The van der Waals surface area contributed by atoms with Gasteiger partial charge in [0, 0.05) is 10.5 Å². The first-order valence-electron chi connectivity index (χ1n) is 8.74. The molecule has 1 amide bonds. The van der Waals surface area contributed by atoms with Crippen molar-refractivity contribution in [1.29, 1.82) is 0 Å². The first kappa shape index (κ1) is 20.6. The summed E-state index contributed by atoms with van der Waals surface area (Å²) < 4.78 is 1.16. The Hall–Kier alpha value is -1.66. The summed E-state index contributed by atoms with van der Waals surface area (Å²) in [5.74, 6) is 0.0420. The highest BCUT2D eigenvalue weighted by Crippen LogP contribution is 2.24. The average Bonchev–Trinajstić information content (AvgIpc) is 2.57. The molecule has 0 aromatic heterocycles. The van der Waals surface area contributed by atoms with Crippen LogP contribution in [0.1, 0.15) is 18.1 Å². The lowest BCUT2D eigenvalue weighted by Crippen LogP contribution is -2.26. The molecule has 0 bridgehead atoms. The zero-order valence-corrected chi connectivity index (χ0v) is 19.0. The van der Waals surface area contributed by atoms with Crippen LogP contribution in [0.4, 0.5) is 0 Å². The molecule has 2 rings (SSSR count). The molecule has 0 spiro atoms. The zero-order valence-electron chi connectivity index (χ0n) is 15.9. The molecule has 2 nitrogen and oxygen atoms in total. The highest BCUT2D eigenvalue weighted by atomic mass is 127. The van der Waals surface area contributed by atoms with E-state index >= 15 is 0 Å². The second kappa shape index (κ2) is 9.32. The second-order valence-electron chi connectivity index (χ2n) is 7.38. The fraction of sp³-hybridized carbons (Fsp3) is 0.227. The summed E-state index contributed by atoms with van der Waals surface area (Å²) in [7, 11) is -1.30. The van der Waals surface area contributed by atoms with Gasteiger partial charge in [-0.25, -0.2) is 0 Å². The van der Waals surface area contributed by atoms with Crippen LogP contribution in [0.5, 0.6) is 0 Å². The lowest BCUT2D eigenvalue weighted by Gasteiger charge is -2.25. The molecule has 0 fully saturated rings. The number of hydrogen-bond acceptors (Lipinski definition) is 1. The van der Waals surface area contributed by atoms with Crippen molar-refractivity contribution in [1.82, 2.24) is 4.90 Å². The van der Waals surface area contributed by atoms with Gasteiger partial charge in [0.25, 0.3) is 0 Å². The molecule has 0 aliphatic heterocycles. The third-order valence-corrected chi connectivity index (χ3v) is 5.69. The lowest BCUT2D eigenvalue weighted by atomic mass is 10.1. The molecule has 0 unspecified atom stereocenters. The van der Waals surface area contributed by atoms with Crippen molar-refractivity contribution in [3.8, 4) is 0 Å². The number of allylic oxidation sites excluding steroid dienone is 2. The normalized spacial score (nSPS) is 12.4. The van der Waals surface area contributed by atoms with Crippen molar-refractivity contribution in [2.45, 2.75) is 33.1 Å². The fourth-order valence-electron chi connectivity index (χ4n) is 2.55. The smallest absolute Gasteiger partial charge is 0.224 e. The molecule has 0 heterocycles. The Bertz CT molecular complexity index is 806. The molecule has 2 aromatic carbocycles. The molecule has 2 aromatic rings. The van der Waals surface area contributed by atoms with Gasteiger partial charge in [0.15, 0.2) is 0 Å². The summed E-state index contributed by atoms with van der Waals surface area (Å²) in [6, 6.07) is 18.4. The van der Waals surface area contributed by atoms with Crippen LogP contribution in [0.15, 0.2) is 72.4 Å². The van der Waals surface area contributed by atoms with Gasteiger partial charge >= 0.3 is 0 Å². The van der Waals surface area contributed by atoms with Crippen LogP contribution in [0.25, 0.3) is 5.70 Å². The number of amides is 1. The van der Waals surface area contributed by atoms with E-state index in [1.165, 1.54) is 0 Å². The summed E-state index contributed by atoms with van der Waals surface area (Å²) in [6.45, 7) is 9.10. The van der Waals surface area contributed by atoms with Crippen molar-refractivity contribution >= 4 is 42.3 Å². The van der Waals surface area contributed by atoms with Gasteiger partial charge in [-0.15, -0.1) is 0 Å². The maximum absolute atomic E-state index is 12.5. The Morgan fingerprint density at radius 1 is 1.08 bits per heavy atom. The number of benzene rings is 2. The molecule has 136 valence electrons. The van der Waals surface area contributed by atoms with Gasteiger partial charge in [-0.2, -0.15) is 0 Å². The molecular formula is C22H26INOSi. The molecule has 0 saturated carbocycles. The molecule has 0 radical (unpaired) electrons. The predicted octanol–water partition coefficient (Wildman–Crippen LogP) is 6.11. The quantitative estimate of drug-likeness (QED) is 0.280. The van der Waals surface area contributed by atoms with Crippen LogP contribution < -0.4 is 0 Å². The average molecular weight is 475 g/mol. The largest absolute Gasteiger partial charge is 0.308 e. The molecule has 26 heavy (non-hydrogen) atoms. The van der Waals surface area contributed by atoms with Crippen LogP contribution >= 0.6 is 22.6 Å². The van der Waals surface area contributed by atoms with Gasteiger partial charge < -0.3 is 4.90 Å². The summed E-state index contributed by atoms with van der Waals surface area (Å²) in [4.78, 5) is 14.3.